The zero-order valence-corrected chi connectivity index (χ0v) is 20.3. The van der Waals surface area contributed by atoms with Crippen LogP contribution in [-0.2, 0) is 19.6 Å². The number of benzene rings is 3. The highest BCUT2D eigenvalue weighted by atomic mass is 35.5. The van der Waals surface area contributed by atoms with E-state index in [-0.39, 0.29) is 6.61 Å². The van der Waals surface area contributed by atoms with Crippen LogP contribution in [0.15, 0.2) is 48.5 Å². The van der Waals surface area contributed by atoms with E-state index in [1.807, 2.05) is 6.92 Å². The Morgan fingerprint density at radius 2 is 1.77 bits per heavy atom. The third-order valence-corrected chi connectivity index (χ3v) is 6.48. The Bertz CT molecular complexity index is 1340. The van der Waals surface area contributed by atoms with Crippen LogP contribution in [0.25, 0.3) is 21.9 Å². The van der Waals surface area contributed by atoms with E-state index in [4.69, 9.17) is 16.3 Å². The molecule has 0 aliphatic rings. The van der Waals surface area contributed by atoms with Gasteiger partial charge in [0.05, 0.1) is 0 Å². The van der Waals surface area contributed by atoms with Gasteiger partial charge in [-0.1, -0.05) is 49.2 Å². The first-order valence-corrected chi connectivity index (χ1v) is 12.3. The number of carbonyl (C=O) groups is 1. The SMILES string of the molecule is CCCCOC(C(=O)O)c1c(C)cc2cc(OS(=O)(=O)C(F)(F)F)ccc2c1-c1ccc(Cl)cc1. The molecule has 6 nitrogen and oxygen atoms in total. The number of aliphatic carboxylic acids is 1. The molecule has 0 aromatic heterocycles. The van der Waals surface area contributed by atoms with Gasteiger partial charge in [0, 0.05) is 17.2 Å². The van der Waals surface area contributed by atoms with Crippen molar-refractivity contribution < 1.29 is 40.4 Å². The lowest BCUT2D eigenvalue weighted by Gasteiger charge is -2.22. The van der Waals surface area contributed by atoms with Gasteiger partial charge < -0.3 is 14.0 Å². The first-order valence-electron chi connectivity index (χ1n) is 10.5. The van der Waals surface area contributed by atoms with Crippen molar-refractivity contribution in [1.29, 1.82) is 0 Å². The van der Waals surface area contributed by atoms with Crippen LogP contribution in [0.5, 0.6) is 5.75 Å². The lowest BCUT2D eigenvalue weighted by atomic mass is 9.87. The number of unbranched alkanes of at least 4 members (excludes halogenated alkanes) is 1. The van der Waals surface area contributed by atoms with E-state index in [0.29, 0.717) is 44.5 Å². The monoisotopic (exact) mass is 530 g/mol. The second kappa shape index (κ2) is 10.4. The molecular weight excluding hydrogens is 509 g/mol. The molecule has 0 saturated heterocycles. The summed E-state index contributed by atoms with van der Waals surface area (Å²) in [4.78, 5) is 12.2. The van der Waals surface area contributed by atoms with Crippen LogP contribution in [0.3, 0.4) is 0 Å². The topological polar surface area (TPSA) is 89.9 Å². The number of rotatable bonds is 9. The Morgan fingerprint density at radius 1 is 1.11 bits per heavy atom. The summed E-state index contributed by atoms with van der Waals surface area (Å²) in [6, 6.07) is 11.8. The molecule has 0 spiro atoms. The van der Waals surface area contributed by atoms with Crippen molar-refractivity contribution in [3.63, 3.8) is 0 Å². The second-order valence-corrected chi connectivity index (χ2v) is 9.77. The van der Waals surface area contributed by atoms with E-state index in [9.17, 15) is 31.5 Å². The average molecular weight is 531 g/mol. The van der Waals surface area contributed by atoms with Gasteiger partial charge in [0.2, 0.25) is 0 Å². The molecule has 1 unspecified atom stereocenters. The number of hydrogen-bond donors (Lipinski definition) is 1. The van der Waals surface area contributed by atoms with Crippen LogP contribution in [0.1, 0.15) is 37.0 Å². The molecule has 0 aliphatic heterocycles. The minimum absolute atomic E-state index is 0.215. The molecular formula is C24H22ClF3O6S. The molecule has 0 radical (unpaired) electrons. The van der Waals surface area contributed by atoms with Gasteiger partial charge in [0.25, 0.3) is 0 Å². The highest BCUT2D eigenvalue weighted by molar-refractivity contribution is 7.88. The Balaban J connectivity index is 2.25. The normalized spacial score (nSPS) is 13.1. The second-order valence-electron chi connectivity index (χ2n) is 7.80. The highest BCUT2D eigenvalue weighted by Gasteiger charge is 2.48. The molecule has 3 rings (SSSR count). The fraction of sp³-hybridized carbons (Fsp3) is 0.292. The summed E-state index contributed by atoms with van der Waals surface area (Å²) in [5.41, 5.74) is -3.64. The predicted octanol–water partition coefficient (Wildman–Crippen LogP) is 6.64. The summed E-state index contributed by atoms with van der Waals surface area (Å²) in [7, 11) is -5.85. The summed E-state index contributed by atoms with van der Waals surface area (Å²) >= 11 is 6.02. The number of carboxylic acid groups (broad SMARTS) is 1. The molecule has 188 valence electrons. The average Bonchev–Trinajstić information content (AvgIpc) is 2.76. The van der Waals surface area contributed by atoms with Crippen LogP contribution in [0, 0.1) is 6.92 Å². The summed E-state index contributed by atoms with van der Waals surface area (Å²) in [6.07, 6.45) is 0.149. The zero-order chi connectivity index (χ0) is 26.0. The number of halogens is 4. The minimum atomic E-state index is -5.85. The van der Waals surface area contributed by atoms with E-state index in [0.717, 1.165) is 18.6 Å². The molecule has 1 atom stereocenters. The van der Waals surface area contributed by atoms with E-state index in [1.54, 1.807) is 37.3 Å². The highest BCUT2D eigenvalue weighted by Crippen LogP contribution is 2.41. The third-order valence-electron chi connectivity index (χ3n) is 5.25. The van der Waals surface area contributed by atoms with Gasteiger partial charge >= 0.3 is 21.6 Å². The standard InChI is InChI=1S/C24H22ClF3O6S/c1-3-4-11-33-22(23(29)30)20-14(2)12-16-13-18(34-35(31,32)24(26,27)28)9-10-19(16)21(20)15-5-7-17(25)8-6-15/h5-10,12-13,22H,3-4,11H2,1-2H3,(H,29,30). The predicted molar refractivity (Wildman–Crippen MR) is 126 cm³/mol. The van der Waals surface area contributed by atoms with E-state index in [2.05, 4.69) is 4.18 Å². The van der Waals surface area contributed by atoms with Crippen molar-refractivity contribution >= 4 is 38.5 Å². The molecule has 0 heterocycles. The lowest BCUT2D eigenvalue weighted by Crippen LogP contribution is -2.28. The van der Waals surface area contributed by atoms with Crippen molar-refractivity contribution in [3.8, 4) is 16.9 Å². The number of fused-ring (bicyclic) bond motifs is 1. The van der Waals surface area contributed by atoms with Crippen LogP contribution in [0.2, 0.25) is 5.02 Å². The van der Waals surface area contributed by atoms with Gasteiger partial charge in [0.15, 0.2) is 6.10 Å². The van der Waals surface area contributed by atoms with Gasteiger partial charge in [0.1, 0.15) is 5.75 Å². The first-order chi connectivity index (χ1) is 16.4. The maximum atomic E-state index is 12.8. The van der Waals surface area contributed by atoms with E-state index in [1.165, 1.54) is 6.07 Å². The summed E-state index contributed by atoms with van der Waals surface area (Å²) in [5.74, 6) is -1.73. The Hall–Kier alpha value is -2.82. The maximum absolute atomic E-state index is 12.8. The molecule has 35 heavy (non-hydrogen) atoms. The molecule has 0 fully saturated rings. The van der Waals surface area contributed by atoms with Crippen LogP contribution in [0.4, 0.5) is 13.2 Å². The Morgan fingerprint density at radius 3 is 2.34 bits per heavy atom. The van der Waals surface area contributed by atoms with Gasteiger partial charge in [-0.2, -0.15) is 21.6 Å². The van der Waals surface area contributed by atoms with Crippen LogP contribution < -0.4 is 4.18 Å². The summed E-state index contributed by atoms with van der Waals surface area (Å²) in [6.45, 7) is 3.80. The van der Waals surface area contributed by atoms with Crippen molar-refractivity contribution in [2.75, 3.05) is 6.61 Å². The van der Waals surface area contributed by atoms with Gasteiger partial charge in [-0.15, -0.1) is 0 Å². The zero-order valence-electron chi connectivity index (χ0n) is 18.7. The molecule has 0 aliphatic carbocycles. The van der Waals surface area contributed by atoms with Gasteiger partial charge in [-0.3, -0.25) is 0 Å². The Labute approximate surface area is 205 Å². The molecule has 11 heteroatoms. The number of aryl methyl sites for hydroxylation is 1. The van der Waals surface area contributed by atoms with Crippen molar-refractivity contribution in [2.45, 2.75) is 38.3 Å². The quantitative estimate of drug-likeness (QED) is 0.189. The van der Waals surface area contributed by atoms with Crippen molar-refractivity contribution in [3.05, 3.63) is 64.7 Å². The first kappa shape index (κ1) is 26.8. The maximum Gasteiger partial charge on any atom is 0.534 e. The van der Waals surface area contributed by atoms with Crippen LogP contribution in [-0.4, -0.2) is 31.6 Å². The Kier molecular flexibility index (Phi) is 7.98. The molecule has 0 bridgehead atoms. The molecule has 3 aromatic carbocycles. The number of alkyl halides is 3. The summed E-state index contributed by atoms with van der Waals surface area (Å²) in [5, 5.41) is 11.2. The van der Waals surface area contributed by atoms with E-state index >= 15 is 0 Å². The molecule has 0 saturated carbocycles. The molecule has 1 N–H and O–H groups in total. The summed E-state index contributed by atoms with van der Waals surface area (Å²) < 4.78 is 71.2. The minimum Gasteiger partial charge on any atom is -0.479 e. The van der Waals surface area contributed by atoms with Crippen LogP contribution >= 0.6 is 11.6 Å². The fourth-order valence-corrected chi connectivity index (χ4v) is 4.23. The fourth-order valence-electron chi connectivity index (χ4n) is 3.66. The van der Waals surface area contributed by atoms with Crippen molar-refractivity contribution in [1.82, 2.24) is 0 Å². The number of ether oxygens (including phenoxy) is 1. The van der Waals surface area contributed by atoms with Gasteiger partial charge in [-0.05, 0) is 65.1 Å². The van der Waals surface area contributed by atoms with E-state index < -0.39 is 33.4 Å². The van der Waals surface area contributed by atoms with Crippen molar-refractivity contribution in [2.24, 2.45) is 0 Å². The van der Waals surface area contributed by atoms with Gasteiger partial charge in [-0.25, -0.2) is 4.79 Å². The largest absolute Gasteiger partial charge is 0.534 e. The lowest BCUT2D eigenvalue weighted by molar-refractivity contribution is -0.151. The smallest absolute Gasteiger partial charge is 0.479 e. The molecule has 0 amide bonds. The third kappa shape index (κ3) is 5.88. The molecule has 3 aromatic rings. The number of hydrogen-bond acceptors (Lipinski definition) is 5. The number of carboxylic acids is 1.